The van der Waals surface area contributed by atoms with Gasteiger partial charge < -0.3 is 9.73 Å². The standard InChI is InChI=1S/C14H12N4O/c1-2-6-11(7-3-1)14-18-17-13(19-14)10-16-12-8-4-5-9-15-12/h1-9H,10H2,(H,15,16). The fourth-order valence-electron chi connectivity index (χ4n) is 1.66. The summed E-state index contributed by atoms with van der Waals surface area (Å²) < 4.78 is 5.58. The Labute approximate surface area is 110 Å². The summed E-state index contributed by atoms with van der Waals surface area (Å²) in [5.74, 6) is 1.84. The van der Waals surface area contributed by atoms with Crippen LogP contribution < -0.4 is 5.32 Å². The maximum absolute atomic E-state index is 5.58. The molecule has 5 nitrogen and oxygen atoms in total. The van der Waals surface area contributed by atoms with Gasteiger partial charge in [0, 0.05) is 11.8 Å². The number of anilines is 1. The van der Waals surface area contributed by atoms with Crippen molar-refractivity contribution in [2.45, 2.75) is 6.54 Å². The maximum atomic E-state index is 5.58. The van der Waals surface area contributed by atoms with Gasteiger partial charge in [-0.25, -0.2) is 4.98 Å². The molecule has 0 spiro atoms. The third-order valence-corrected chi connectivity index (χ3v) is 2.57. The highest BCUT2D eigenvalue weighted by atomic mass is 16.4. The molecule has 3 aromatic rings. The predicted molar refractivity (Wildman–Crippen MR) is 71.3 cm³/mol. The van der Waals surface area contributed by atoms with Crippen LogP contribution in [0.25, 0.3) is 11.5 Å². The Morgan fingerprint density at radius 3 is 2.58 bits per heavy atom. The Balaban J connectivity index is 1.69. The van der Waals surface area contributed by atoms with Crippen molar-refractivity contribution in [1.82, 2.24) is 15.2 Å². The van der Waals surface area contributed by atoms with Crippen molar-refractivity contribution in [3.05, 3.63) is 60.6 Å². The van der Waals surface area contributed by atoms with Gasteiger partial charge in [-0.15, -0.1) is 10.2 Å². The first-order chi connectivity index (χ1) is 9.42. The summed E-state index contributed by atoms with van der Waals surface area (Å²) in [7, 11) is 0. The second-order valence-electron chi connectivity index (χ2n) is 3.94. The molecule has 3 rings (SSSR count). The predicted octanol–water partition coefficient (Wildman–Crippen LogP) is 2.74. The third-order valence-electron chi connectivity index (χ3n) is 2.57. The van der Waals surface area contributed by atoms with Crippen LogP contribution in [0.5, 0.6) is 0 Å². The van der Waals surface area contributed by atoms with Gasteiger partial charge in [0.05, 0.1) is 6.54 Å². The molecule has 2 aromatic heterocycles. The molecule has 0 aliphatic carbocycles. The first kappa shape index (κ1) is 11.4. The molecule has 0 aliphatic rings. The number of rotatable bonds is 4. The molecule has 0 unspecified atom stereocenters. The highest BCUT2D eigenvalue weighted by Crippen LogP contribution is 2.17. The normalized spacial score (nSPS) is 10.3. The average molecular weight is 252 g/mol. The fourth-order valence-corrected chi connectivity index (χ4v) is 1.66. The Kier molecular flexibility index (Phi) is 3.18. The summed E-state index contributed by atoms with van der Waals surface area (Å²) >= 11 is 0. The van der Waals surface area contributed by atoms with E-state index in [-0.39, 0.29) is 0 Å². The van der Waals surface area contributed by atoms with Crippen molar-refractivity contribution < 1.29 is 4.42 Å². The molecule has 0 saturated carbocycles. The van der Waals surface area contributed by atoms with E-state index in [0.717, 1.165) is 11.4 Å². The Bertz CT molecular complexity index is 637. The number of nitrogens with zero attached hydrogens (tertiary/aromatic N) is 3. The number of hydrogen-bond acceptors (Lipinski definition) is 5. The van der Waals surface area contributed by atoms with Gasteiger partial charge in [-0.1, -0.05) is 24.3 Å². The summed E-state index contributed by atoms with van der Waals surface area (Å²) in [5.41, 5.74) is 0.916. The number of hydrogen-bond donors (Lipinski definition) is 1. The van der Waals surface area contributed by atoms with Gasteiger partial charge in [0.1, 0.15) is 5.82 Å². The zero-order valence-corrected chi connectivity index (χ0v) is 10.2. The van der Waals surface area contributed by atoms with Crippen LogP contribution in [0.4, 0.5) is 5.82 Å². The lowest BCUT2D eigenvalue weighted by atomic mass is 10.2. The molecule has 0 radical (unpaired) electrons. The maximum Gasteiger partial charge on any atom is 0.247 e. The van der Waals surface area contributed by atoms with Gasteiger partial charge in [0.15, 0.2) is 0 Å². The van der Waals surface area contributed by atoms with Crippen LogP contribution in [0.2, 0.25) is 0 Å². The van der Waals surface area contributed by atoms with Crippen molar-refractivity contribution in [1.29, 1.82) is 0 Å². The van der Waals surface area contributed by atoms with E-state index in [1.807, 2.05) is 48.5 Å². The lowest BCUT2D eigenvalue weighted by Gasteiger charge is -2.00. The Morgan fingerprint density at radius 2 is 1.79 bits per heavy atom. The molecule has 2 heterocycles. The smallest absolute Gasteiger partial charge is 0.247 e. The third kappa shape index (κ3) is 2.77. The molecule has 0 aliphatic heterocycles. The minimum atomic E-state index is 0.455. The fraction of sp³-hybridized carbons (Fsp3) is 0.0714. The number of aromatic nitrogens is 3. The van der Waals surface area contributed by atoms with Crippen molar-refractivity contribution in [2.24, 2.45) is 0 Å². The van der Waals surface area contributed by atoms with Crippen molar-refractivity contribution in [2.75, 3.05) is 5.32 Å². The van der Waals surface area contributed by atoms with E-state index in [1.165, 1.54) is 0 Å². The monoisotopic (exact) mass is 252 g/mol. The largest absolute Gasteiger partial charge is 0.419 e. The van der Waals surface area contributed by atoms with Gasteiger partial charge >= 0.3 is 0 Å². The van der Waals surface area contributed by atoms with E-state index < -0.39 is 0 Å². The van der Waals surface area contributed by atoms with Crippen molar-refractivity contribution in [3.8, 4) is 11.5 Å². The molecule has 1 aromatic carbocycles. The number of nitrogens with one attached hydrogen (secondary N) is 1. The summed E-state index contributed by atoms with van der Waals surface area (Å²) in [4.78, 5) is 4.16. The summed E-state index contributed by atoms with van der Waals surface area (Å²) in [5, 5.41) is 11.1. The van der Waals surface area contributed by atoms with Crippen LogP contribution in [-0.2, 0) is 6.54 Å². The first-order valence-corrected chi connectivity index (χ1v) is 5.94. The molecule has 0 bridgehead atoms. The number of pyridine rings is 1. The van der Waals surface area contributed by atoms with Crippen LogP contribution in [0.1, 0.15) is 5.89 Å². The molecular formula is C14H12N4O. The lowest BCUT2D eigenvalue weighted by molar-refractivity contribution is 0.514. The second-order valence-corrected chi connectivity index (χ2v) is 3.94. The van der Waals surface area contributed by atoms with E-state index in [9.17, 15) is 0 Å². The topological polar surface area (TPSA) is 63.8 Å². The van der Waals surface area contributed by atoms with Gasteiger partial charge in [0.25, 0.3) is 0 Å². The molecule has 0 saturated heterocycles. The SMILES string of the molecule is c1ccc(-c2nnc(CNc3ccccn3)o2)cc1. The van der Waals surface area contributed by atoms with E-state index >= 15 is 0 Å². The quantitative estimate of drug-likeness (QED) is 0.773. The average Bonchev–Trinajstić information content (AvgIpc) is 2.96. The molecule has 94 valence electrons. The van der Waals surface area contributed by atoms with Crippen LogP contribution >= 0.6 is 0 Å². The van der Waals surface area contributed by atoms with Crippen LogP contribution in [0.3, 0.4) is 0 Å². The summed E-state index contributed by atoms with van der Waals surface area (Å²) in [6.07, 6.45) is 1.73. The van der Waals surface area contributed by atoms with Gasteiger partial charge in [0.2, 0.25) is 11.8 Å². The van der Waals surface area contributed by atoms with Crippen molar-refractivity contribution >= 4 is 5.82 Å². The van der Waals surface area contributed by atoms with E-state index in [2.05, 4.69) is 20.5 Å². The minimum Gasteiger partial charge on any atom is -0.419 e. The zero-order valence-electron chi connectivity index (χ0n) is 10.2. The Morgan fingerprint density at radius 1 is 0.947 bits per heavy atom. The van der Waals surface area contributed by atoms with E-state index in [0.29, 0.717) is 18.3 Å². The number of benzene rings is 1. The lowest BCUT2D eigenvalue weighted by Crippen LogP contribution is -2.00. The van der Waals surface area contributed by atoms with Crippen LogP contribution in [0.15, 0.2) is 59.1 Å². The van der Waals surface area contributed by atoms with Gasteiger partial charge in [-0.3, -0.25) is 0 Å². The van der Waals surface area contributed by atoms with Crippen LogP contribution in [0, 0.1) is 0 Å². The molecular weight excluding hydrogens is 240 g/mol. The van der Waals surface area contributed by atoms with Gasteiger partial charge in [-0.2, -0.15) is 0 Å². The molecule has 5 heteroatoms. The molecule has 19 heavy (non-hydrogen) atoms. The van der Waals surface area contributed by atoms with E-state index in [1.54, 1.807) is 6.20 Å². The summed E-state index contributed by atoms with van der Waals surface area (Å²) in [6.45, 7) is 0.455. The van der Waals surface area contributed by atoms with Gasteiger partial charge in [-0.05, 0) is 24.3 Å². The highest BCUT2D eigenvalue weighted by molar-refractivity contribution is 5.51. The second kappa shape index (κ2) is 5.30. The van der Waals surface area contributed by atoms with E-state index in [4.69, 9.17) is 4.42 Å². The molecule has 0 atom stereocenters. The zero-order chi connectivity index (χ0) is 12.9. The molecule has 0 amide bonds. The Hall–Kier alpha value is -2.69. The highest BCUT2D eigenvalue weighted by Gasteiger charge is 2.07. The van der Waals surface area contributed by atoms with Crippen LogP contribution in [-0.4, -0.2) is 15.2 Å². The summed E-state index contributed by atoms with van der Waals surface area (Å²) in [6, 6.07) is 15.4. The minimum absolute atomic E-state index is 0.455. The molecule has 0 fully saturated rings. The first-order valence-electron chi connectivity index (χ1n) is 5.94. The molecule has 1 N–H and O–H groups in total. The van der Waals surface area contributed by atoms with Crippen molar-refractivity contribution in [3.63, 3.8) is 0 Å².